The highest BCUT2D eigenvalue weighted by Gasteiger charge is 2.68. The van der Waals surface area contributed by atoms with E-state index in [1.54, 1.807) is 61.0 Å². The van der Waals surface area contributed by atoms with Gasteiger partial charge in [-0.1, -0.05) is 48.2 Å². The number of hydrogen-bond acceptors (Lipinski definition) is 11. The van der Waals surface area contributed by atoms with Gasteiger partial charge in [-0.2, -0.15) is 0 Å². The Bertz CT molecular complexity index is 1540. The molecular formula is C27H25FN4O6S2. The summed E-state index contributed by atoms with van der Waals surface area (Å²) in [5.74, 6) is -4.22. The number of benzene rings is 2. The van der Waals surface area contributed by atoms with E-state index in [0.717, 1.165) is 6.92 Å². The van der Waals surface area contributed by atoms with E-state index in [0.29, 0.717) is 10.2 Å². The average Bonchev–Trinajstić information content (AvgIpc) is 3.49. The van der Waals surface area contributed by atoms with Crippen LogP contribution < -0.4 is 0 Å². The molecule has 1 aliphatic heterocycles. The summed E-state index contributed by atoms with van der Waals surface area (Å²) in [6, 6.07) is 16.2. The summed E-state index contributed by atoms with van der Waals surface area (Å²) in [7, 11) is 0. The lowest BCUT2D eigenvalue weighted by Gasteiger charge is -2.32. The molecule has 4 atom stereocenters. The van der Waals surface area contributed by atoms with E-state index in [9.17, 15) is 14.7 Å². The third-order valence-corrected chi connectivity index (χ3v) is 7.72. The fourth-order valence-electron chi connectivity index (χ4n) is 4.42. The summed E-state index contributed by atoms with van der Waals surface area (Å²) in [6.45, 7) is 0.542. The fourth-order valence-corrected chi connectivity index (χ4v) is 5.32. The van der Waals surface area contributed by atoms with Crippen molar-refractivity contribution in [3.05, 3.63) is 83.7 Å². The Labute approximate surface area is 237 Å². The molecule has 4 aromatic rings. The van der Waals surface area contributed by atoms with Crippen LogP contribution in [0.15, 0.2) is 77.0 Å². The lowest BCUT2D eigenvalue weighted by atomic mass is 9.89. The molecule has 3 heterocycles. The van der Waals surface area contributed by atoms with Crippen molar-refractivity contribution < 1.29 is 33.3 Å². The standard InChI is InChI=1S/C27H25FN4O6S2/c1-26(28)20(37-24(34)17-12-8-5-9-13-17)18(15-36-23(33)16-10-6-4-7-11-16)38-27(26,35)19-14-29-21-22(39-2)30-25(40-3)31-32(19)21/h4-14,18,20,35H,15H2,1-3H3/t18-,20?,26-,27?/m1/s1. The highest BCUT2D eigenvalue weighted by atomic mass is 32.2. The van der Waals surface area contributed by atoms with Crippen molar-refractivity contribution >= 4 is 41.1 Å². The Balaban J connectivity index is 1.53. The fraction of sp³-hybridized carbons (Fsp3) is 0.296. The van der Waals surface area contributed by atoms with Crippen molar-refractivity contribution in [1.29, 1.82) is 0 Å². The van der Waals surface area contributed by atoms with Crippen LogP contribution in [-0.2, 0) is 20.0 Å². The number of thioether (sulfide) groups is 2. The monoisotopic (exact) mass is 584 g/mol. The minimum absolute atomic E-state index is 0.141. The van der Waals surface area contributed by atoms with Gasteiger partial charge in [-0.15, -0.1) is 16.9 Å². The largest absolute Gasteiger partial charge is 0.459 e. The zero-order chi connectivity index (χ0) is 28.5. The van der Waals surface area contributed by atoms with Crippen LogP contribution in [0.5, 0.6) is 0 Å². The second-order valence-corrected chi connectivity index (χ2v) is 10.6. The van der Waals surface area contributed by atoms with Crippen LogP contribution in [0, 0.1) is 0 Å². The van der Waals surface area contributed by atoms with Gasteiger partial charge in [0.15, 0.2) is 11.8 Å². The first-order valence-electron chi connectivity index (χ1n) is 12.1. The van der Waals surface area contributed by atoms with Crippen LogP contribution in [0.4, 0.5) is 4.39 Å². The maximum absolute atomic E-state index is 16.9. The second-order valence-electron chi connectivity index (χ2n) is 9.02. The Morgan fingerprint density at radius 2 is 1.68 bits per heavy atom. The van der Waals surface area contributed by atoms with Crippen molar-refractivity contribution in [3.63, 3.8) is 0 Å². The van der Waals surface area contributed by atoms with Gasteiger partial charge in [-0.25, -0.2) is 28.5 Å². The predicted octanol–water partition coefficient (Wildman–Crippen LogP) is 3.92. The van der Waals surface area contributed by atoms with E-state index in [4.69, 9.17) is 14.2 Å². The van der Waals surface area contributed by atoms with Gasteiger partial charge in [-0.3, -0.25) is 0 Å². The van der Waals surface area contributed by atoms with Gasteiger partial charge in [0.25, 0.3) is 5.79 Å². The van der Waals surface area contributed by atoms with E-state index in [-0.39, 0.29) is 22.5 Å². The molecule has 2 aromatic heterocycles. The average molecular weight is 585 g/mol. The highest BCUT2D eigenvalue weighted by Crippen LogP contribution is 2.49. The predicted molar refractivity (Wildman–Crippen MR) is 145 cm³/mol. The molecule has 2 aromatic carbocycles. The minimum atomic E-state index is -2.73. The number of carbonyl (C=O) groups excluding carboxylic acids is 2. The Kier molecular flexibility index (Phi) is 7.82. The summed E-state index contributed by atoms with van der Waals surface area (Å²) in [5.41, 5.74) is -2.15. The van der Waals surface area contributed by atoms with Crippen molar-refractivity contribution in [3.8, 4) is 0 Å². The zero-order valence-corrected chi connectivity index (χ0v) is 23.3. The lowest BCUT2D eigenvalue weighted by molar-refractivity contribution is -0.256. The molecule has 0 spiro atoms. The van der Waals surface area contributed by atoms with Crippen LogP contribution >= 0.6 is 23.5 Å². The third-order valence-electron chi connectivity index (χ3n) is 6.52. The van der Waals surface area contributed by atoms with Crippen LogP contribution in [0.2, 0.25) is 0 Å². The Hall–Kier alpha value is -3.52. The van der Waals surface area contributed by atoms with Gasteiger partial charge >= 0.3 is 11.9 Å². The minimum Gasteiger partial charge on any atom is -0.459 e. The SMILES string of the molecule is CSc1nc(SC)c2ncc(C3(O)O[C@H](COC(=O)c4ccccc4)C(OC(=O)c4ccccc4)[C@@]3(C)F)n2n1. The number of rotatable bonds is 8. The molecule has 1 fully saturated rings. The smallest absolute Gasteiger partial charge is 0.338 e. The summed E-state index contributed by atoms with van der Waals surface area (Å²) in [5, 5.41) is 17.1. The molecule has 0 amide bonds. The number of nitrogens with zero attached hydrogens (tertiary/aromatic N) is 4. The van der Waals surface area contributed by atoms with Crippen LogP contribution in [-0.4, -0.2) is 73.6 Å². The van der Waals surface area contributed by atoms with Crippen molar-refractivity contribution in [1.82, 2.24) is 19.6 Å². The van der Waals surface area contributed by atoms with E-state index >= 15 is 4.39 Å². The lowest BCUT2D eigenvalue weighted by Crippen LogP contribution is -2.51. The van der Waals surface area contributed by atoms with Crippen LogP contribution in [0.3, 0.4) is 0 Å². The number of fused-ring (bicyclic) bond motifs is 1. The van der Waals surface area contributed by atoms with E-state index in [1.165, 1.54) is 46.4 Å². The quantitative estimate of drug-likeness (QED) is 0.239. The number of esters is 2. The molecule has 208 valence electrons. The van der Waals surface area contributed by atoms with E-state index < -0.39 is 42.2 Å². The molecular weight excluding hydrogens is 559 g/mol. The van der Waals surface area contributed by atoms with Gasteiger partial charge in [0.2, 0.25) is 10.8 Å². The number of aromatic nitrogens is 4. The zero-order valence-electron chi connectivity index (χ0n) is 21.7. The number of carbonyl (C=O) groups is 2. The molecule has 0 bridgehead atoms. The normalized spacial score (nSPS) is 24.2. The molecule has 0 saturated carbocycles. The van der Waals surface area contributed by atoms with E-state index in [2.05, 4.69) is 15.1 Å². The number of aliphatic hydroxyl groups is 1. The second kappa shape index (κ2) is 11.2. The molecule has 1 N–H and O–H groups in total. The van der Waals surface area contributed by atoms with E-state index in [1.807, 2.05) is 0 Å². The summed E-state index contributed by atoms with van der Waals surface area (Å²) in [6.07, 6.45) is 1.75. The molecule has 13 heteroatoms. The third kappa shape index (κ3) is 4.94. The maximum Gasteiger partial charge on any atom is 0.338 e. The molecule has 2 unspecified atom stereocenters. The number of hydrogen-bond donors (Lipinski definition) is 1. The highest BCUT2D eigenvalue weighted by molar-refractivity contribution is 7.99. The number of ether oxygens (including phenoxy) is 3. The molecule has 0 radical (unpaired) electrons. The molecule has 5 rings (SSSR count). The number of imidazole rings is 1. The topological polar surface area (TPSA) is 125 Å². The molecule has 10 nitrogen and oxygen atoms in total. The first-order valence-corrected chi connectivity index (χ1v) is 14.6. The van der Waals surface area contributed by atoms with Gasteiger partial charge in [0, 0.05) is 0 Å². The summed E-state index contributed by atoms with van der Waals surface area (Å²) in [4.78, 5) is 34.3. The van der Waals surface area contributed by atoms with Gasteiger partial charge in [0.05, 0.1) is 17.3 Å². The molecule has 1 aliphatic rings. The van der Waals surface area contributed by atoms with Gasteiger partial charge < -0.3 is 19.3 Å². The van der Waals surface area contributed by atoms with Crippen LogP contribution in [0.25, 0.3) is 5.65 Å². The van der Waals surface area contributed by atoms with Crippen molar-refractivity contribution in [2.45, 2.75) is 40.8 Å². The first kappa shape index (κ1) is 28.0. The van der Waals surface area contributed by atoms with Crippen molar-refractivity contribution in [2.24, 2.45) is 0 Å². The molecule has 40 heavy (non-hydrogen) atoms. The van der Waals surface area contributed by atoms with Gasteiger partial charge in [-0.05, 0) is 43.7 Å². The molecule has 1 saturated heterocycles. The summed E-state index contributed by atoms with van der Waals surface area (Å²) >= 11 is 2.56. The first-order chi connectivity index (χ1) is 19.2. The van der Waals surface area contributed by atoms with Crippen LogP contribution in [0.1, 0.15) is 33.3 Å². The Morgan fingerprint density at radius 1 is 1.05 bits per heavy atom. The number of halogens is 1. The van der Waals surface area contributed by atoms with Crippen molar-refractivity contribution in [2.75, 3.05) is 19.1 Å². The molecule has 0 aliphatic carbocycles. The number of alkyl halides is 1. The Morgan fingerprint density at radius 3 is 2.27 bits per heavy atom. The maximum atomic E-state index is 16.9. The van der Waals surface area contributed by atoms with Gasteiger partial charge in [0.1, 0.15) is 23.4 Å². The summed E-state index contributed by atoms with van der Waals surface area (Å²) < 4.78 is 35.0.